The Kier molecular flexibility index (Phi) is 3.78. The third kappa shape index (κ3) is 2.72. The van der Waals surface area contributed by atoms with Crippen LogP contribution in [0, 0.1) is 0 Å². The molecule has 0 bridgehead atoms. The van der Waals surface area contributed by atoms with Crippen molar-refractivity contribution in [3.63, 3.8) is 0 Å². The summed E-state index contributed by atoms with van der Waals surface area (Å²) in [6.45, 7) is 1.25. The number of carbonyl (C=O) groups excluding carboxylic acids is 1. The van der Waals surface area contributed by atoms with Crippen molar-refractivity contribution < 1.29 is 9.53 Å². The smallest absolute Gasteiger partial charge is 0.254 e. The first-order chi connectivity index (χ1) is 7.66. The summed E-state index contributed by atoms with van der Waals surface area (Å²) >= 11 is 9.10. The molecule has 16 heavy (non-hydrogen) atoms. The summed E-state index contributed by atoms with van der Waals surface area (Å²) in [4.78, 5) is 15.8. The Morgan fingerprint density at radius 1 is 1.69 bits per heavy atom. The molecular formula is C10H10BrClN2O2. The van der Waals surface area contributed by atoms with Gasteiger partial charge in [0.2, 0.25) is 0 Å². The molecule has 2 rings (SSSR count). The number of rotatable bonds is 2. The molecule has 1 atom stereocenters. The third-order valence-electron chi connectivity index (χ3n) is 2.32. The molecule has 1 aliphatic heterocycles. The molecule has 0 radical (unpaired) electrons. The molecule has 1 aromatic rings. The zero-order valence-electron chi connectivity index (χ0n) is 8.37. The molecular weight excluding hydrogens is 295 g/mol. The monoisotopic (exact) mass is 304 g/mol. The highest BCUT2D eigenvalue weighted by Crippen LogP contribution is 2.18. The first-order valence-corrected chi connectivity index (χ1v) is 6.03. The van der Waals surface area contributed by atoms with E-state index in [0.717, 1.165) is 10.9 Å². The molecule has 1 aliphatic rings. The molecule has 0 aliphatic carbocycles. The molecule has 0 saturated carbocycles. The first kappa shape index (κ1) is 11.8. The molecule has 6 heteroatoms. The van der Waals surface area contributed by atoms with Gasteiger partial charge in [-0.25, -0.2) is 4.98 Å². The number of pyridine rings is 1. The third-order valence-corrected chi connectivity index (χ3v) is 3.05. The lowest BCUT2D eigenvalue weighted by Gasteiger charge is -2.11. The molecule has 2 heterocycles. The van der Waals surface area contributed by atoms with E-state index in [1.165, 1.54) is 0 Å². The summed E-state index contributed by atoms with van der Waals surface area (Å²) in [5.41, 5.74) is 0.378. The second-order valence-electron chi connectivity index (χ2n) is 3.53. The Bertz CT molecular complexity index is 408. The van der Waals surface area contributed by atoms with Gasteiger partial charge in [-0.2, -0.15) is 0 Å². The lowest BCUT2D eigenvalue weighted by atomic mass is 10.2. The number of aromatic nitrogens is 1. The van der Waals surface area contributed by atoms with Crippen LogP contribution in [0.2, 0.25) is 5.15 Å². The molecule has 1 saturated heterocycles. The fourth-order valence-corrected chi connectivity index (χ4v) is 2.01. The zero-order chi connectivity index (χ0) is 11.5. The van der Waals surface area contributed by atoms with Gasteiger partial charge in [0, 0.05) is 17.3 Å². The SMILES string of the molecule is O=C(NC1CCOC1)c1cc(Br)cnc1Cl. The minimum atomic E-state index is -0.214. The summed E-state index contributed by atoms with van der Waals surface area (Å²) in [7, 11) is 0. The van der Waals surface area contributed by atoms with Gasteiger partial charge < -0.3 is 10.1 Å². The predicted octanol–water partition coefficient (Wildman–Crippen LogP) is 2.02. The standard InChI is InChI=1S/C10H10BrClN2O2/c11-6-3-8(9(12)13-4-6)10(15)14-7-1-2-16-5-7/h3-4,7H,1-2,5H2,(H,14,15). The van der Waals surface area contributed by atoms with E-state index in [-0.39, 0.29) is 17.1 Å². The maximum atomic E-state index is 11.9. The second kappa shape index (κ2) is 5.12. The van der Waals surface area contributed by atoms with Gasteiger partial charge >= 0.3 is 0 Å². The van der Waals surface area contributed by atoms with Gasteiger partial charge in [0.1, 0.15) is 5.15 Å². The average molecular weight is 306 g/mol. The van der Waals surface area contributed by atoms with Crippen LogP contribution in [0.4, 0.5) is 0 Å². The van der Waals surface area contributed by atoms with Crippen LogP contribution in [0.5, 0.6) is 0 Å². The van der Waals surface area contributed by atoms with E-state index in [1.807, 2.05) is 0 Å². The van der Waals surface area contributed by atoms with Gasteiger partial charge in [-0.3, -0.25) is 4.79 Å². The number of halogens is 2. The maximum absolute atomic E-state index is 11.9. The van der Waals surface area contributed by atoms with Crippen LogP contribution in [-0.4, -0.2) is 30.1 Å². The van der Waals surface area contributed by atoms with Crippen molar-refractivity contribution >= 4 is 33.4 Å². The van der Waals surface area contributed by atoms with E-state index in [4.69, 9.17) is 16.3 Å². The van der Waals surface area contributed by atoms with Crippen molar-refractivity contribution in [1.82, 2.24) is 10.3 Å². The normalized spacial score (nSPS) is 19.8. The van der Waals surface area contributed by atoms with Crippen molar-refractivity contribution in [3.8, 4) is 0 Å². The van der Waals surface area contributed by atoms with Crippen molar-refractivity contribution in [3.05, 3.63) is 27.5 Å². The fraction of sp³-hybridized carbons (Fsp3) is 0.400. The van der Waals surface area contributed by atoms with E-state index in [1.54, 1.807) is 12.3 Å². The van der Waals surface area contributed by atoms with Gasteiger partial charge in [0.05, 0.1) is 18.2 Å². The van der Waals surface area contributed by atoms with E-state index < -0.39 is 0 Å². The topological polar surface area (TPSA) is 51.2 Å². The van der Waals surface area contributed by atoms with Crippen LogP contribution in [0.25, 0.3) is 0 Å². The Labute approximate surface area is 106 Å². The number of carbonyl (C=O) groups is 1. The van der Waals surface area contributed by atoms with Crippen molar-refractivity contribution in [2.45, 2.75) is 12.5 Å². The zero-order valence-corrected chi connectivity index (χ0v) is 10.7. The summed E-state index contributed by atoms with van der Waals surface area (Å²) in [6, 6.07) is 1.73. The van der Waals surface area contributed by atoms with Crippen LogP contribution in [0.15, 0.2) is 16.7 Å². The number of hydrogen-bond donors (Lipinski definition) is 1. The van der Waals surface area contributed by atoms with Crippen molar-refractivity contribution in [2.75, 3.05) is 13.2 Å². The summed E-state index contributed by atoms with van der Waals surface area (Å²) < 4.78 is 5.90. The lowest BCUT2D eigenvalue weighted by Crippen LogP contribution is -2.35. The van der Waals surface area contributed by atoms with Crippen LogP contribution in [0.1, 0.15) is 16.8 Å². The molecule has 1 amide bonds. The molecule has 86 valence electrons. The second-order valence-corrected chi connectivity index (χ2v) is 4.80. The Morgan fingerprint density at radius 3 is 3.19 bits per heavy atom. The summed E-state index contributed by atoms with van der Waals surface area (Å²) in [6.07, 6.45) is 2.39. The molecule has 0 aromatic carbocycles. The van der Waals surface area contributed by atoms with E-state index in [9.17, 15) is 4.79 Å². The quantitative estimate of drug-likeness (QED) is 0.851. The number of nitrogens with zero attached hydrogens (tertiary/aromatic N) is 1. The van der Waals surface area contributed by atoms with Crippen molar-refractivity contribution in [2.24, 2.45) is 0 Å². The van der Waals surface area contributed by atoms with Crippen molar-refractivity contribution in [1.29, 1.82) is 0 Å². The fourth-order valence-electron chi connectivity index (χ4n) is 1.49. The average Bonchev–Trinajstić information content (AvgIpc) is 2.74. The molecule has 1 N–H and O–H groups in total. The first-order valence-electron chi connectivity index (χ1n) is 4.86. The maximum Gasteiger partial charge on any atom is 0.254 e. The highest BCUT2D eigenvalue weighted by atomic mass is 79.9. The number of hydrogen-bond acceptors (Lipinski definition) is 3. The predicted molar refractivity (Wildman–Crippen MR) is 63.6 cm³/mol. The highest BCUT2D eigenvalue weighted by molar-refractivity contribution is 9.10. The van der Waals surface area contributed by atoms with Crippen LogP contribution < -0.4 is 5.32 Å². The Hall–Kier alpha value is -0.650. The van der Waals surface area contributed by atoms with Gasteiger partial charge in [-0.15, -0.1) is 0 Å². The highest BCUT2D eigenvalue weighted by Gasteiger charge is 2.20. The largest absolute Gasteiger partial charge is 0.379 e. The van der Waals surface area contributed by atoms with Gasteiger partial charge in [-0.05, 0) is 28.4 Å². The van der Waals surface area contributed by atoms with Gasteiger partial charge in [0.25, 0.3) is 5.91 Å². The van der Waals surface area contributed by atoms with Crippen LogP contribution in [0.3, 0.4) is 0 Å². The number of amides is 1. The lowest BCUT2D eigenvalue weighted by molar-refractivity contribution is 0.0929. The molecule has 1 aromatic heterocycles. The number of nitrogens with one attached hydrogen (secondary N) is 1. The molecule has 1 unspecified atom stereocenters. The van der Waals surface area contributed by atoms with Crippen LogP contribution in [-0.2, 0) is 4.74 Å². The summed E-state index contributed by atoms with van der Waals surface area (Å²) in [5, 5.41) is 3.06. The minimum absolute atomic E-state index is 0.0718. The molecule has 0 spiro atoms. The van der Waals surface area contributed by atoms with E-state index in [0.29, 0.717) is 18.8 Å². The Morgan fingerprint density at radius 2 is 2.50 bits per heavy atom. The van der Waals surface area contributed by atoms with E-state index in [2.05, 4.69) is 26.2 Å². The Balaban J connectivity index is 2.10. The van der Waals surface area contributed by atoms with Gasteiger partial charge in [0.15, 0.2) is 0 Å². The number of ether oxygens (including phenoxy) is 1. The molecule has 1 fully saturated rings. The minimum Gasteiger partial charge on any atom is -0.379 e. The summed E-state index contributed by atoms with van der Waals surface area (Å²) in [5.74, 6) is -0.214. The van der Waals surface area contributed by atoms with E-state index >= 15 is 0 Å². The van der Waals surface area contributed by atoms with Gasteiger partial charge in [-0.1, -0.05) is 11.6 Å². The molecule has 4 nitrogen and oxygen atoms in total. The van der Waals surface area contributed by atoms with Crippen LogP contribution >= 0.6 is 27.5 Å².